The van der Waals surface area contributed by atoms with E-state index in [0.29, 0.717) is 5.41 Å². The second kappa shape index (κ2) is 7.03. The Morgan fingerprint density at radius 1 is 1.14 bits per heavy atom. The lowest BCUT2D eigenvalue weighted by Crippen LogP contribution is -2.43. The standard InChI is InChI=1S/C19H24N2O/c1-22-15-19(10-4-11-19)14-20-13-16-6-8-17(9-7-16)18-5-2-3-12-21-18/h2-3,5-9,12,20H,4,10-11,13-15H2,1H3. The van der Waals surface area contributed by atoms with Gasteiger partial charge in [-0.25, -0.2) is 0 Å². The fraction of sp³-hybridized carbons (Fsp3) is 0.421. The van der Waals surface area contributed by atoms with E-state index in [4.69, 9.17) is 4.74 Å². The number of benzene rings is 1. The summed E-state index contributed by atoms with van der Waals surface area (Å²) < 4.78 is 5.37. The number of nitrogens with one attached hydrogen (secondary N) is 1. The molecule has 0 atom stereocenters. The van der Waals surface area contributed by atoms with Crippen LogP contribution in [0.5, 0.6) is 0 Å². The van der Waals surface area contributed by atoms with Gasteiger partial charge < -0.3 is 10.1 Å². The van der Waals surface area contributed by atoms with Gasteiger partial charge in [0.1, 0.15) is 0 Å². The van der Waals surface area contributed by atoms with Crippen molar-refractivity contribution < 1.29 is 4.74 Å². The third kappa shape index (κ3) is 3.54. The number of nitrogens with zero attached hydrogens (tertiary/aromatic N) is 1. The molecule has 3 heteroatoms. The molecule has 0 saturated heterocycles. The second-order valence-corrected chi connectivity index (χ2v) is 6.30. The maximum atomic E-state index is 5.37. The van der Waals surface area contributed by atoms with Crippen LogP contribution in [0.1, 0.15) is 24.8 Å². The Labute approximate surface area is 132 Å². The van der Waals surface area contributed by atoms with Gasteiger partial charge in [-0.2, -0.15) is 0 Å². The van der Waals surface area contributed by atoms with Crippen molar-refractivity contribution in [1.29, 1.82) is 0 Å². The number of ether oxygens (including phenoxy) is 1. The lowest BCUT2D eigenvalue weighted by atomic mass is 9.69. The minimum atomic E-state index is 0.378. The molecular formula is C19H24N2O. The summed E-state index contributed by atoms with van der Waals surface area (Å²) in [4.78, 5) is 4.38. The zero-order valence-corrected chi connectivity index (χ0v) is 13.2. The van der Waals surface area contributed by atoms with E-state index in [1.807, 2.05) is 24.4 Å². The van der Waals surface area contributed by atoms with Gasteiger partial charge in [-0.1, -0.05) is 36.8 Å². The number of hydrogen-bond acceptors (Lipinski definition) is 3. The average molecular weight is 296 g/mol. The van der Waals surface area contributed by atoms with E-state index in [-0.39, 0.29) is 0 Å². The summed E-state index contributed by atoms with van der Waals surface area (Å²) >= 11 is 0. The van der Waals surface area contributed by atoms with E-state index in [1.54, 1.807) is 7.11 Å². The van der Waals surface area contributed by atoms with Gasteiger partial charge in [0.2, 0.25) is 0 Å². The molecule has 1 aliphatic carbocycles. The van der Waals surface area contributed by atoms with Gasteiger partial charge in [0, 0.05) is 37.4 Å². The van der Waals surface area contributed by atoms with Crippen molar-refractivity contribution in [3.05, 3.63) is 54.2 Å². The lowest BCUT2D eigenvalue weighted by Gasteiger charge is -2.41. The number of methoxy groups -OCH3 is 1. The van der Waals surface area contributed by atoms with Crippen molar-refractivity contribution in [2.75, 3.05) is 20.3 Å². The van der Waals surface area contributed by atoms with Crippen LogP contribution in [0.25, 0.3) is 11.3 Å². The Morgan fingerprint density at radius 2 is 1.95 bits per heavy atom. The number of pyridine rings is 1. The van der Waals surface area contributed by atoms with Gasteiger partial charge in [-0.05, 0) is 30.5 Å². The first-order valence-corrected chi connectivity index (χ1v) is 8.01. The van der Waals surface area contributed by atoms with Crippen LogP contribution in [0.4, 0.5) is 0 Å². The topological polar surface area (TPSA) is 34.1 Å². The number of hydrogen-bond donors (Lipinski definition) is 1. The molecule has 1 aromatic carbocycles. The maximum absolute atomic E-state index is 5.37. The minimum Gasteiger partial charge on any atom is -0.384 e. The highest BCUT2D eigenvalue weighted by Crippen LogP contribution is 2.40. The van der Waals surface area contributed by atoms with Gasteiger partial charge in [-0.3, -0.25) is 4.98 Å². The van der Waals surface area contributed by atoms with Crippen LogP contribution in [0.3, 0.4) is 0 Å². The Kier molecular flexibility index (Phi) is 4.86. The Hall–Kier alpha value is -1.71. The van der Waals surface area contributed by atoms with Crippen molar-refractivity contribution in [2.45, 2.75) is 25.8 Å². The van der Waals surface area contributed by atoms with Crippen LogP contribution >= 0.6 is 0 Å². The predicted molar refractivity (Wildman–Crippen MR) is 89.5 cm³/mol. The highest BCUT2D eigenvalue weighted by Gasteiger charge is 2.36. The first-order chi connectivity index (χ1) is 10.8. The third-order valence-corrected chi connectivity index (χ3v) is 4.61. The summed E-state index contributed by atoms with van der Waals surface area (Å²) in [6, 6.07) is 14.7. The monoisotopic (exact) mass is 296 g/mol. The summed E-state index contributed by atoms with van der Waals surface area (Å²) in [5, 5.41) is 3.59. The van der Waals surface area contributed by atoms with Gasteiger partial charge in [0.15, 0.2) is 0 Å². The molecule has 2 aromatic rings. The summed E-state index contributed by atoms with van der Waals surface area (Å²) in [5.74, 6) is 0. The minimum absolute atomic E-state index is 0.378. The molecule has 116 valence electrons. The number of aromatic nitrogens is 1. The van der Waals surface area contributed by atoms with Crippen LogP contribution in [-0.4, -0.2) is 25.2 Å². The quantitative estimate of drug-likeness (QED) is 0.847. The van der Waals surface area contributed by atoms with E-state index in [1.165, 1.54) is 30.4 Å². The molecule has 22 heavy (non-hydrogen) atoms. The van der Waals surface area contributed by atoms with Crippen LogP contribution in [-0.2, 0) is 11.3 Å². The smallest absolute Gasteiger partial charge is 0.0701 e. The molecule has 0 unspecified atom stereocenters. The van der Waals surface area contributed by atoms with E-state index in [0.717, 1.165) is 25.4 Å². The molecule has 1 saturated carbocycles. The Bertz CT molecular complexity index is 576. The van der Waals surface area contributed by atoms with E-state index in [9.17, 15) is 0 Å². The molecule has 1 aliphatic rings. The molecule has 0 amide bonds. The Balaban J connectivity index is 1.53. The van der Waals surface area contributed by atoms with Crippen LogP contribution in [0.15, 0.2) is 48.7 Å². The molecule has 0 bridgehead atoms. The zero-order valence-electron chi connectivity index (χ0n) is 13.2. The van der Waals surface area contributed by atoms with Crippen LogP contribution in [0.2, 0.25) is 0 Å². The van der Waals surface area contributed by atoms with Crippen molar-refractivity contribution >= 4 is 0 Å². The zero-order chi connectivity index (χ0) is 15.3. The van der Waals surface area contributed by atoms with Gasteiger partial charge in [-0.15, -0.1) is 0 Å². The summed E-state index contributed by atoms with van der Waals surface area (Å²) in [6.07, 6.45) is 5.74. The van der Waals surface area contributed by atoms with Crippen molar-refractivity contribution in [2.24, 2.45) is 5.41 Å². The van der Waals surface area contributed by atoms with Crippen molar-refractivity contribution in [1.82, 2.24) is 10.3 Å². The highest BCUT2D eigenvalue weighted by atomic mass is 16.5. The molecule has 1 fully saturated rings. The first kappa shape index (κ1) is 15.2. The van der Waals surface area contributed by atoms with E-state index < -0.39 is 0 Å². The molecule has 0 radical (unpaired) electrons. The van der Waals surface area contributed by atoms with Crippen molar-refractivity contribution in [3.63, 3.8) is 0 Å². The van der Waals surface area contributed by atoms with Gasteiger partial charge in [0.05, 0.1) is 12.3 Å². The summed E-state index contributed by atoms with van der Waals surface area (Å²) in [6.45, 7) is 2.83. The molecular weight excluding hydrogens is 272 g/mol. The number of rotatable bonds is 7. The molecule has 1 heterocycles. The van der Waals surface area contributed by atoms with E-state index >= 15 is 0 Å². The Morgan fingerprint density at radius 3 is 2.55 bits per heavy atom. The van der Waals surface area contributed by atoms with Crippen LogP contribution in [0, 0.1) is 5.41 Å². The third-order valence-electron chi connectivity index (χ3n) is 4.61. The fourth-order valence-electron chi connectivity index (χ4n) is 3.15. The second-order valence-electron chi connectivity index (χ2n) is 6.30. The van der Waals surface area contributed by atoms with Gasteiger partial charge in [0.25, 0.3) is 0 Å². The summed E-state index contributed by atoms with van der Waals surface area (Å²) in [5.41, 5.74) is 3.88. The van der Waals surface area contributed by atoms with E-state index in [2.05, 4.69) is 34.6 Å². The first-order valence-electron chi connectivity index (χ1n) is 8.01. The fourth-order valence-corrected chi connectivity index (χ4v) is 3.15. The largest absolute Gasteiger partial charge is 0.384 e. The highest BCUT2D eigenvalue weighted by molar-refractivity contribution is 5.58. The average Bonchev–Trinajstić information content (AvgIpc) is 2.54. The molecule has 1 aromatic heterocycles. The maximum Gasteiger partial charge on any atom is 0.0701 e. The van der Waals surface area contributed by atoms with Crippen LogP contribution < -0.4 is 5.32 Å². The summed E-state index contributed by atoms with van der Waals surface area (Å²) in [7, 11) is 1.80. The molecule has 1 N–H and O–H groups in total. The lowest BCUT2D eigenvalue weighted by molar-refractivity contribution is 0.0177. The normalized spacial score (nSPS) is 16.2. The SMILES string of the molecule is COCC1(CNCc2ccc(-c3ccccn3)cc2)CCC1. The molecule has 0 aliphatic heterocycles. The molecule has 3 rings (SSSR count). The van der Waals surface area contributed by atoms with Gasteiger partial charge >= 0.3 is 0 Å². The predicted octanol–water partition coefficient (Wildman–Crippen LogP) is 3.65. The van der Waals surface area contributed by atoms with Crippen molar-refractivity contribution in [3.8, 4) is 11.3 Å². The molecule has 3 nitrogen and oxygen atoms in total. The molecule has 0 spiro atoms.